The predicted molar refractivity (Wildman–Crippen MR) is 67.3 cm³/mol. The summed E-state index contributed by atoms with van der Waals surface area (Å²) < 4.78 is 13.1. The third kappa shape index (κ3) is 3.78. The van der Waals surface area contributed by atoms with Gasteiger partial charge in [0.1, 0.15) is 5.82 Å². The first-order valence-electron chi connectivity index (χ1n) is 5.02. The third-order valence-electron chi connectivity index (χ3n) is 2.18. The molecule has 5 N–H and O–H groups in total. The van der Waals surface area contributed by atoms with Gasteiger partial charge < -0.3 is 16.8 Å². The summed E-state index contributed by atoms with van der Waals surface area (Å²) >= 11 is 5.66. The number of benzene rings is 1. The van der Waals surface area contributed by atoms with Crippen molar-refractivity contribution in [1.29, 1.82) is 0 Å². The molecule has 1 aromatic rings. The Morgan fingerprint density at radius 2 is 2.12 bits per heavy atom. The highest BCUT2D eigenvalue weighted by Crippen LogP contribution is 2.29. The summed E-state index contributed by atoms with van der Waals surface area (Å²) in [4.78, 5) is 10.9. The van der Waals surface area contributed by atoms with Gasteiger partial charge in [0.05, 0.1) is 16.4 Å². The van der Waals surface area contributed by atoms with E-state index >= 15 is 0 Å². The van der Waals surface area contributed by atoms with Crippen molar-refractivity contribution in [2.45, 2.75) is 25.8 Å². The molecular weight excluding hydrogens is 245 g/mol. The van der Waals surface area contributed by atoms with Crippen LogP contribution in [0.1, 0.15) is 20.3 Å². The first-order valence-corrected chi connectivity index (χ1v) is 5.40. The minimum absolute atomic E-state index is 0.0309. The highest BCUT2D eigenvalue weighted by molar-refractivity contribution is 6.31. The fourth-order valence-corrected chi connectivity index (χ4v) is 1.68. The highest BCUT2D eigenvalue weighted by atomic mass is 35.5. The van der Waals surface area contributed by atoms with Crippen LogP contribution in [0.15, 0.2) is 12.1 Å². The van der Waals surface area contributed by atoms with Crippen LogP contribution in [0.4, 0.5) is 15.8 Å². The van der Waals surface area contributed by atoms with E-state index in [1.165, 1.54) is 6.07 Å². The Bertz CT molecular complexity index is 449. The molecule has 94 valence electrons. The number of carbonyl (C=O) groups excluding carboxylic acids is 1. The fourth-order valence-electron chi connectivity index (χ4n) is 1.51. The molecule has 0 aromatic heterocycles. The number of carbonyl (C=O) groups is 1. The first kappa shape index (κ1) is 13.6. The maximum atomic E-state index is 13.1. The number of nitrogens with two attached hydrogens (primary N) is 2. The van der Waals surface area contributed by atoms with E-state index in [2.05, 4.69) is 5.32 Å². The lowest BCUT2D eigenvalue weighted by Crippen LogP contribution is -2.36. The van der Waals surface area contributed by atoms with Gasteiger partial charge in [0.2, 0.25) is 5.91 Å². The van der Waals surface area contributed by atoms with Gasteiger partial charge in [0.25, 0.3) is 0 Å². The van der Waals surface area contributed by atoms with Crippen LogP contribution in [-0.2, 0) is 4.79 Å². The van der Waals surface area contributed by atoms with E-state index in [1.807, 2.05) is 0 Å². The van der Waals surface area contributed by atoms with Crippen LogP contribution in [-0.4, -0.2) is 11.4 Å². The van der Waals surface area contributed by atoms with Crippen molar-refractivity contribution in [3.63, 3.8) is 0 Å². The molecule has 0 fully saturated rings. The van der Waals surface area contributed by atoms with Gasteiger partial charge in [-0.15, -0.1) is 0 Å². The monoisotopic (exact) mass is 259 g/mol. The molecule has 0 aliphatic carbocycles. The van der Waals surface area contributed by atoms with Crippen molar-refractivity contribution >= 4 is 28.9 Å². The van der Waals surface area contributed by atoms with E-state index in [1.54, 1.807) is 13.8 Å². The standard InChI is InChI=1S/C11H15ClFN3O/c1-11(2,5-10(15)17)16-9-3-6(12)7(13)4-8(9)14/h3-4,16H,5,14H2,1-2H3,(H2,15,17). The smallest absolute Gasteiger partial charge is 0.219 e. The topological polar surface area (TPSA) is 81.1 Å². The van der Waals surface area contributed by atoms with Gasteiger partial charge in [-0.2, -0.15) is 0 Å². The number of amides is 1. The SMILES string of the molecule is CC(C)(CC(N)=O)Nc1cc(Cl)c(F)cc1N. The maximum Gasteiger partial charge on any atom is 0.219 e. The molecule has 0 saturated carbocycles. The van der Waals surface area contributed by atoms with Crippen molar-refractivity contribution < 1.29 is 9.18 Å². The van der Waals surface area contributed by atoms with Crippen molar-refractivity contribution in [3.8, 4) is 0 Å². The van der Waals surface area contributed by atoms with Gasteiger partial charge in [-0.1, -0.05) is 11.6 Å². The molecule has 17 heavy (non-hydrogen) atoms. The maximum absolute atomic E-state index is 13.1. The normalized spacial score (nSPS) is 11.3. The number of nitrogen functional groups attached to an aromatic ring is 1. The Balaban J connectivity index is 2.95. The van der Waals surface area contributed by atoms with Gasteiger partial charge in [0, 0.05) is 18.0 Å². The molecular formula is C11H15ClFN3O. The summed E-state index contributed by atoms with van der Waals surface area (Å²) in [5.41, 5.74) is 10.9. The van der Waals surface area contributed by atoms with Crippen LogP contribution < -0.4 is 16.8 Å². The zero-order valence-electron chi connectivity index (χ0n) is 9.68. The lowest BCUT2D eigenvalue weighted by molar-refractivity contribution is -0.118. The Hall–Kier alpha value is -1.49. The third-order valence-corrected chi connectivity index (χ3v) is 2.47. The summed E-state index contributed by atoms with van der Waals surface area (Å²) in [6.07, 6.45) is 0.126. The first-order chi connectivity index (χ1) is 7.71. The Labute approximate surface area is 104 Å². The van der Waals surface area contributed by atoms with Crippen LogP contribution in [0.2, 0.25) is 5.02 Å². The molecule has 6 heteroatoms. The molecule has 1 rings (SSSR count). The number of rotatable bonds is 4. The Morgan fingerprint density at radius 1 is 1.53 bits per heavy atom. The molecule has 0 aliphatic rings. The van der Waals surface area contributed by atoms with E-state index in [0.717, 1.165) is 6.07 Å². The highest BCUT2D eigenvalue weighted by Gasteiger charge is 2.21. The molecule has 1 amide bonds. The Morgan fingerprint density at radius 3 is 2.65 bits per heavy atom. The number of anilines is 2. The van der Waals surface area contributed by atoms with Gasteiger partial charge in [-0.05, 0) is 19.9 Å². The molecule has 4 nitrogen and oxygen atoms in total. The summed E-state index contributed by atoms with van der Waals surface area (Å²) in [5, 5.41) is 2.98. The summed E-state index contributed by atoms with van der Waals surface area (Å²) in [7, 11) is 0. The second kappa shape index (κ2) is 4.79. The fraction of sp³-hybridized carbons (Fsp3) is 0.364. The zero-order chi connectivity index (χ0) is 13.2. The van der Waals surface area contributed by atoms with Crippen molar-refractivity contribution in [2.75, 3.05) is 11.1 Å². The Kier molecular flexibility index (Phi) is 3.83. The number of hydrogen-bond acceptors (Lipinski definition) is 3. The average Bonchev–Trinajstić information content (AvgIpc) is 2.11. The molecule has 0 radical (unpaired) electrons. The van der Waals surface area contributed by atoms with Crippen LogP contribution in [0, 0.1) is 5.82 Å². The lowest BCUT2D eigenvalue weighted by atomic mass is 9.99. The van der Waals surface area contributed by atoms with Crippen molar-refractivity contribution in [1.82, 2.24) is 0 Å². The zero-order valence-corrected chi connectivity index (χ0v) is 10.4. The molecule has 0 aliphatic heterocycles. The van der Waals surface area contributed by atoms with E-state index < -0.39 is 17.3 Å². The quantitative estimate of drug-likeness (QED) is 0.725. The van der Waals surface area contributed by atoms with Gasteiger partial charge in [-0.3, -0.25) is 4.79 Å². The minimum atomic E-state index is -0.582. The molecule has 0 bridgehead atoms. The van der Waals surface area contributed by atoms with Crippen LogP contribution in [0.5, 0.6) is 0 Å². The van der Waals surface area contributed by atoms with Gasteiger partial charge >= 0.3 is 0 Å². The molecule has 0 atom stereocenters. The average molecular weight is 260 g/mol. The van der Waals surface area contributed by atoms with Crippen LogP contribution >= 0.6 is 11.6 Å². The van der Waals surface area contributed by atoms with Crippen molar-refractivity contribution in [3.05, 3.63) is 23.0 Å². The number of halogens is 2. The molecule has 0 heterocycles. The molecule has 0 spiro atoms. The van der Waals surface area contributed by atoms with Gasteiger partial charge in [-0.25, -0.2) is 4.39 Å². The van der Waals surface area contributed by atoms with Crippen LogP contribution in [0.25, 0.3) is 0 Å². The summed E-state index contributed by atoms with van der Waals surface area (Å²) in [6, 6.07) is 2.51. The minimum Gasteiger partial charge on any atom is -0.397 e. The van der Waals surface area contributed by atoms with E-state index in [4.69, 9.17) is 23.1 Å². The van der Waals surface area contributed by atoms with Crippen LogP contribution in [0.3, 0.4) is 0 Å². The van der Waals surface area contributed by atoms with Crippen molar-refractivity contribution in [2.24, 2.45) is 5.73 Å². The number of primary amides is 1. The second-order valence-electron chi connectivity index (χ2n) is 4.51. The predicted octanol–water partition coefficient (Wildman–Crippen LogP) is 2.13. The van der Waals surface area contributed by atoms with E-state index in [-0.39, 0.29) is 17.1 Å². The molecule has 0 unspecified atom stereocenters. The van der Waals surface area contributed by atoms with Gasteiger partial charge in [0.15, 0.2) is 0 Å². The number of hydrogen-bond donors (Lipinski definition) is 3. The lowest BCUT2D eigenvalue weighted by Gasteiger charge is -2.27. The summed E-state index contributed by atoms with van der Waals surface area (Å²) in [5.74, 6) is -1.02. The summed E-state index contributed by atoms with van der Waals surface area (Å²) in [6.45, 7) is 3.57. The number of nitrogens with one attached hydrogen (secondary N) is 1. The molecule has 0 saturated heterocycles. The van der Waals surface area contributed by atoms with E-state index in [0.29, 0.717) is 5.69 Å². The van der Waals surface area contributed by atoms with E-state index in [9.17, 15) is 9.18 Å². The molecule has 1 aromatic carbocycles. The second-order valence-corrected chi connectivity index (χ2v) is 4.91. The largest absolute Gasteiger partial charge is 0.397 e.